The Kier molecular flexibility index (Phi) is 8.22. The number of hydrogen-bond donors (Lipinski definition) is 0. The van der Waals surface area contributed by atoms with Crippen molar-refractivity contribution < 1.29 is 0 Å². The molecular formula is C40H30N2. The van der Waals surface area contributed by atoms with E-state index in [1.807, 2.05) is 36.4 Å². The summed E-state index contributed by atoms with van der Waals surface area (Å²) in [5.74, 6) is 6.47. The van der Waals surface area contributed by atoms with Gasteiger partial charge in [0.25, 0.3) is 0 Å². The third-order valence-corrected chi connectivity index (χ3v) is 6.91. The lowest BCUT2D eigenvalue weighted by molar-refractivity contribution is 1.28. The first-order valence-corrected chi connectivity index (χ1v) is 14.0. The van der Waals surface area contributed by atoms with E-state index in [1.54, 1.807) is 0 Å². The molecule has 0 radical (unpaired) electrons. The van der Waals surface area contributed by atoms with Crippen molar-refractivity contribution >= 4 is 40.2 Å². The third-order valence-electron chi connectivity index (χ3n) is 6.91. The molecule has 0 atom stereocenters. The number of benzene rings is 6. The fourth-order valence-corrected chi connectivity index (χ4v) is 4.89. The minimum absolute atomic E-state index is 0.973. The van der Waals surface area contributed by atoms with E-state index in [4.69, 9.17) is 0 Å². The highest BCUT2D eigenvalue weighted by atomic mass is 15.1. The average Bonchev–Trinajstić information content (AvgIpc) is 3.07. The maximum Gasteiger partial charge on any atom is 0.0462 e. The van der Waals surface area contributed by atoms with Crippen molar-refractivity contribution in [1.82, 2.24) is 0 Å². The summed E-state index contributed by atoms with van der Waals surface area (Å²) in [5, 5.41) is 0. The van der Waals surface area contributed by atoms with Crippen LogP contribution in [0.4, 0.5) is 34.1 Å². The molecule has 0 saturated heterocycles. The molecule has 0 aliphatic carbocycles. The second-order valence-corrected chi connectivity index (χ2v) is 9.75. The zero-order valence-electron chi connectivity index (χ0n) is 23.2. The first-order valence-electron chi connectivity index (χ1n) is 14.0. The number of anilines is 6. The van der Waals surface area contributed by atoms with Crippen LogP contribution in [0, 0.1) is 11.8 Å². The molecule has 0 heterocycles. The van der Waals surface area contributed by atoms with Crippen molar-refractivity contribution in [2.45, 2.75) is 0 Å². The molecule has 0 aliphatic rings. The summed E-state index contributed by atoms with van der Waals surface area (Å²) in [7, 11) is 0. The maximum atomic E-state index is 3.27. The molecule has 0 saturated carbocycles. The highest BCUT2D eigenvalue weighted by Crippen LogP contribution is 2.35. The van der Waals surface area contributed by atoms with Gasteiger partial charge in [0.05, 0.1) is 0 Å². The number of rotatable bonds is 7. The van der Waals surface area contributed by atoms with E-state index in [1.165, 1.54) is 0 Å². The standard InChI is InChI=1S/C40H30N2/c1-5-17-35(18-6-1)41(36-19-7-2-8-20-36)39-29-25-33(26-30-39)15-13-14-16-34-27-31-40(32-28-34)42(37-21-9-3-10-22-37)38-23-11-4-12-24-38/h1-13,15,17-32H/b15-13+. The van der Waals surface area contributed by atoms with Crippen LogP contribution in [0.25, 0.3) is 6.08 Å². The van der Waals surface area contributed by atoms with Crippen LogP contribution in [-0.2, 0) is 0 Å². The van der Waals surface area contributed by atoms with Gasteiger partial charge in [0.1, 0.15) is 0 Å². The summed E-state index contributed by atoms with van der Waals surface area (Å²) < 4.78 is 0. The van der Waals surface area contributed by atoms with Crippen LogP contribution in [0.2, 0.25) is 0 Å². The van der Waals surface area contributed by atoms with Crippen molar-refractivity contribution in [2.24, 2.45) is 0 Å². The molecule has 6 rings (SSSR count). The predicted molar refractivity (Wildman–Crippen MR) is 178 cm³/mol. The summed E-state index contributed by atoms with van der Waals surface area (Å²) in [4.78, 5) is 4.51. The molecule has 0 aliphatic heterocycles. The van der Waals surface area contributed by atoms with Crippen molar-refractivity contribution in [1.29, 1.82) is 0 Å². The predicted octanol–water partition coefficient (Wildman–Crippen LogP) is 10.7. The molecule has 0 aromatic heterocycles. The van der Waals surface area contributed by atoms with E-state index in [9.17, 15) is 0 Å². The highest BCUT2D eigenvalue weighted by Gasteiger charge is 2.12. The van der Waals surface area contributed by atoms with Gasteiger partial charge in [0.2, 0.25) is 0 Å². The second kappa shape index (κ2) is 13.0. The Morgan fingerprint density at radius 1 is 0.357 bits per heavy atom. The van der Waals surface area contributed by atoms with Crippen LogP contribution in [0.15, 0.2) is 176 Å². The van der Waals surface area contributed by atoms with Gasteiger partial charge in [-0.15, -0.1) is 0 Å². The van der Waals surface area contributed by atoms with Gasteiger partial charge in [-0.3, -0.25) is 0 Å². The van der Waals surface area contributed by atoms with Gasteiger partial charge in [0, 0.05) is 39.7 Å². The summed E-state index contributed by atoms with van der Waals surface area (Å²) in [6, 6.07) is 58.6. The minimum atomic E-state index is 0.973. The number of allylic oxidation sites excluding steroid dienone is 1. The van der Waals surface area contributed by atoms with Gasteiger partial charge in [-0.05, 0) is 103 Å². The lowest BCUT2D eigenvalue weighted by Gasteiger charge is -2.25. The third kappa shape index (κ3) is 6.33. The Morgan fingerprint density at radius 2 is 0.690 bits per heavy atom. The molecule has 2 nitrogen and oxygen atoms in total. The van der Waals surface area contributed by atoms with E-state index in [0.717, 1.165) is 45.3 Å². The quantitative estimate of drug-likeness (QED) is 0.187. The van der Waals surface area contributed by atoms with E-state index >= 15 is 0 Å². The van der Waals surface area contributed by atoms with Crippen LogP contribution in [-0.4, -0.2) is 0 Å². The van der Waals surface area contributed by atoms with Crippen molar-refractivity contribution in [3.63, 3.8) is 0 Å². The SMILES string of the molecule is C(#Cc1ccc(N(c2ccccc2)c2ccccc2)cc1)/C=C/c1ccc(N(c2ccccc2)c2ccccc2)cc1. The van der Waals surface area contributed by atoms with E-state index < -0.39 is 0 Å². The highest BCUT2D eigenvalue weighted by molar-refractivity contribution is 5.78. The van der Waals surface area contributed by atoms with Crippen LogP contribution in [0.5, 0.6) is 0 Å². The first-order chi connectivity index (χ1) is 20.8. The van der Waals surface area contributed by atoms with Gasteiger partial charge < -0.3 is 9.80 Å². The maximum absolute atomic E-state index is 3.27. The van der Waals surface area contributed by atoms with Gasteiger partial charge >= 0.3 is 0 Å². The van der Waals surface area contributed by atoms with Crippen LogP contribution < -0.4 is 9.80 Å². The zero-order valence-corrected chi connectivity index (χ0v) is 23.2. The Bertz CT molecular complexity index is 1700. The average molecular weight is 539 g/mol. The van der Waals surface area contributed by atoms with Gasteiger partial charge in [-0.25, -0.2) is 0 Å². The molecule has 0 bridgehead atoms. The van der Waals surface area contributed by atoms with Crippen LogP contribution in [0.1, 0.15) is 11.1 Å². The molecule has 0 unspecified atom stereocenters. The number of para-hydroxylation sites is 4. The molecule has 42 heavy (non-hydrogen) atoms. The van der Waals surface area contributed by atoms with Crippen molar-refractivity contribution in [3.05, 3.63) is 187 Å². The molecule has 6 aromatic carbocycles. The summed E-state index contributed by atoms with van der Waals surface area (Å²) in [6.45, 7) is 0. The summed E-state index contributed by atoms with van der Waals surface area (Å²) in [5.41, 5.74) is 8.76. The second-order valence-electron chi connectivity index (χ2n) is 9.75. The smallest absolute Gasteiger partial charge is 0.0462 e. The van der Waals surface area contributed by atoms with Gasteiger partial charge in [-0.1, -0.05) is 96.8 Å². The Morgan fingerprint density at radius 3 is 1.07 bits per heavy atom. The van der Waals surface area contributed by atoms with E-state index in [-0.39, 0.29) is 0 Å². The van der Waals surface area contributed by atoms with E-state index in [2.05, 4.69) is 167 Å². The van der Waals surface area contributed by atoms with Gasteiger partial charge in [-0.2, -0.15) is 0 Å². The summed E-state index contributed by atoms with van der Waals surface area (Å²) >= 11 is 0. The van der Waals surface area contributed by atoms with Crippen molar-refractivity contribution in [2.75, 3.05) is 9.80 Å². The lowest BCUT2D eigenvalue weighted by atomic mass is 10.1. The first kappa shape index (κ1) is 26.4. The van der Waals surface area contributed by atoms with E-state index in [0.29, 0.717) is 0 Å². The molecular weight excluding hydrogens is 508 g/mol. The molecule has 6 aromatic rings. The lowest BCUT2D eigenvalue weighted by Crippen LogP contribution is -2.09. The zero-order chi connectivity index (χ0) is 28.4. The molecule has 0 N–H and O–H groups in total. The fourth-order valence-electron chi connectivity index (χ4n) is 4.89. The fraction of sp³-hybridized carbons (Fsp3) is 0. The number of hydrogen-bond acceptors (Lipinski definition) is 2. The number of nitrogens with zero attached hydrogens (tertiary/aromatic N) is 2. The molecule has 0 fully saturated rings. The molecule has 0 amide bonds. The largest absolute Gasteiger partial charge is 0.311 e. The van der Waals surface area contributed by atoms with Crippen LogP contribution >= 0.6 is 0 Å². The Balaban J connectivity index is 1.17. The molecule has 2 heteroatoms. The van der Waals surface area contributed by atoms with Crippen molar-refractivity contribution in [3.8, 4) is 11.8 Å². The molecule has 0 spiro atoms. The Labute approximate surface area is 248 Å². The monoisotopic (exact) mass is 538 g/mol. The van der Waals surface area contributed by atoms with Crippen LogP contribution in [0.3, 0.4) is 0 Å². The Hall–Kier alpha value is -5.78. The summed E-state index contributed by atoms with van der Waals surface area (Å²) in [6.07, 6.45) is 3.96. The minimum Gasteiger partial charge on any atom is -0.311 e. The molecule has 200 valence electrons. The topological polar surface area (TPSA) is 6.48 Å². The normalized spacial score (nSPS) is 10.6. The van der Waals surface area contributed by atoms with Gasteiger partial charge in [0.15, 0.2) is 0 Å².